The topological polar surface area (TPSA) is 149 Å². The Balaban J connectivity index is 1.31. The highest BCUT2D eigenvalue weighted by Crippen LogP contribution is 2.48. The molecule has 1 aliphatic carbocycles. The zero-order valence-corrected chi connectivity index (χ0v) is 22.8. The number of ether oxygens (including phenoxy) is 1. The number of nitrogens with zero attached hydrogens (tertiary/aromatic N) is 4. The van der Waals surface area contributed by atoms with Crippen LogP contribution in [0, 0.1) is 17.2 Å². The molecule has 4 aliphatic rings. The van der Waals surface area contributed by atoms with Crippen molar-refractivity contribution >= 4 is 23.8 Å². The van der Waals surface area contributed by atoms with E-state index in [1.165, 1.54) is 0 Å². The molecule has 0 aromatic heterocycles. The van der Waals surface area contributed by atoms with E-state index in [0.717, 1.165) is 12.0 Å². The van der Waals surface area contributed by atoms with Crippen LogP contribution in [0.2, 0.25) is 0 Å². The molecule has 4 amide bonds. The van der Waals surface area contributed by atoms with Crippen molar-refractivity contribution in [2.24, 2.45) is 11.7 Å². The van der Waals surface area contributed by atoms with E-state index in [2.05, 4.69) is 11.4 Å². The molecule has 0 radical (unpaired) electrons. The molecule has 2 bridgehead atoms. The third-order valence-electron chi connectivity index (χ3n) is 8.30. The Morgan fingerprint density at radius 1 is 1.23 bits per heavy atom. The molecule has 1 saturated carbocycles. The Labute approximate surface area is 228 Å². The zero-order valence-electron chi connectivity index (χ0n) is 22.8. The first kappa shape index (κ1) is 26.9. The molecule has 11 heteroatoms. The highest BCUT2D eigenvalue weighted by atomic mass is 16.6. The number of amides is 4. The molecule has 11 nitrogen and oxygen atoms in total. The third-order valence-corrected chi connectivity index (χ3v) is 8.30. The van der Waals surface area contributed by atoms with Gasteiger partial charge >= 0.3 is 6.09 Å². The number of nitriles is 1. The molecule has 39 heavy (non-hydrogen) atoms. The van der Waals surface area contributed by atoms with Gasteiger partial charge in [-0.2, -0.15) is 5.26 Å². The summed E-state index contributed by atoms with van der Waals surface area (Å²) in [5.74, 6) is -0.536. The fourth-order valence-corrected chi connectivity index (χ4v) is 6.45. The van der Waals surface area contributed by atoms with Gasteiger partial charge in [0.05, 0.1) is 18.2 Å². The van der Waals surface area contributed by atoms with E-state index >= 15 is 0 Å². The quantitative estimate of drug-likeness (QED) is 0.537. The Kier molecular flexibility index (Phi) is 6.79. The van der Waals surface area contributed by atoms with Crippen molar-refractivity contribution in [3.63, 3.8) is 0 Å². The van der Waals surface area contributed by atoms with Gasteiger partial charge in [-0.25, -0.2) is 4.79 Å². The Hall–Kier alpha value is -3.65. The predicted octanol–water partition coefficient (Wildman–Crippen LogP) is 1.54. The molecule has 1 aromatic carbocycles. The largest absolute Gasteiger partial charge is 0.444 e. The standard InChI is InChI=1S/C28H36N6O5/c1-15(16-6-5-7-17(8-16)24(30)35)33-20-11-23(26(33)37)32(13-20)14-21(31-27(38)39-28(2,3)4)25(36)34-19(12-29)9-18-10-22(18)34/h5-8,15,18-23H,9-11,13-14H2,1-4H3,(H2,30,35)(H,31,38)/t15-,18+,19-,20-,21-,22-,23-/m0/s1. The molecule has 3 saturated heterocycles. The fourth-order valence-electron chi connectivity index (χ4n) is 6.45. The number of alkyl carbamates (subject to hydrolysis) is 1. The predicted molar refractivity (Wildman–Crippen MR) is 140 cm³/mol. The highest BCUT2D eigenvalue weighted by molar-refractivity contribution is 5.93. The maximum atomic E-state index is 13.7. The molecule has 1 aromatic rings. The normalized spacial score (nSPS) is 29.0. The maximum Gasteiger partial charge on any atom is 0.408 e. The molecule has 3 N–H and O–H groups in total. The van der Waals surface area contributed by atoms with E-state index in [0.29, 0.717) is 30.9 Å². The van der Waals surface area contributed by atoms with Crippen molar-refractivity contribution in [2.75, 3.05) is 13.1 Å². The van der Waals surface area contributed by atoms with Gasteiger partial charge in [-0.3, -0.25) is 19.3 Å². The van der Waals surface area contributed by atoms with Gasteiger partial charge in [0.1, 0.15) is 17.7 Å². The summed E-state index contributed by atoms with van der Waals surface area (Å²) in [6, 6.07) is 7.07. The number of carbonyl (C=O) groups excluding carboxylic acids is 4. The first-order valence-electron chi connectivity index (χ1n) is 13.5. The number of nitrogens with one attached hydrogen (secondary N) is 1. The maximum absolute atomic E-state index is 13.7. The van der Waals surface area contributed by atoms with Crippen LogP contribution in [-0.4, -0.2) is 87.4 Å². The Morgan fingerprint density at radius 3 is 2.62 bits per heavy atom. The summed E-state index contributed by atoms with van der Waals surface area (Å²) < 4.78 is 5.43. The molecule has 5 rings (SSSR count). The number of primary amides is 1. The van der Waals surface area contributed by atoms with Gasteiger partial charge < -0.3 is 25.6 Å². The summed E-state index contributed by atoms with van der Waals surface area (Å²) in [4.78, 5) is 57.0. The number of hydrogen-bond donors (Lipinski definition) is 2. The van der Waals surface area contributed by atoms with E-state index in [9.17, 15) is 24.4 Å². The van der Waals surface area contributed by atoms with Crippen molar-refractivity contribution in [2.45, 2.75) is 88.8 Å². The molecular formula is C28H36N6O5. The van der Waals surface area contributed by atoms with E-state index < -0.39 is 35.7 Å². The summed E-state index contributed by atoms with van der Waals surface area (Å²) in [6.45, 7) is 7.87. The molecule has 4 fully saturated rings. The van der Waals surface area contributed by atoms with Gasteiger partial charge in [0.2, 0.25) is 17.7 Å². The number of benzene rings is 1. The number of hydrogen-bond acceptors (Lipinski definition) is 7. The van der Waals surface area contributed by atoms with Crippen LogP contribution in [0.25, 0.3) is 0 Å². The van der Waals surface area contributed by atoms with E-state index in [1.54, 1.807) is 43.9 Å². The third kappa shape index (κ3) is 5.17. The van der Waals surface area contributed by atoms with Gasteiger partial charge in [0.25, 0.3) is 0 Å². The summed E-state index contributed by atoms with van der Waals surface area (Å²) >= 11 is 0. The van der Waals surface area contributed by atoms with Gasteiger partial charge in [-0.1, -0.05) is 12.1 Å². The number of piperidine rings is 1. The van der Waals surface area contributed by atoms with Crippen LogP contribution in [0.3, 0.4) is 0 Å². The molecule has 7 atom stereocenters. The average Bonchev–Trinajstić information content (AvgIpc) is 3.18. The smallest absolute Gasteiger partial charge is 0.408 e. The Morgan fingerprint density at radius 2 is 1.97 bits per heavy atom. The van der Waals surface area contributed by atoms with E-state index in [-0.39, 0.29) is 36.5 Å². The van der Waals surface area contributed by atoms with Crippen LogP contribution < -0.4 is 11.1 Å². The van der Waals surface area contributed by atoms with Crippen LogP contribution >= 0.6 is 0 Å². The summed E-state index contributed by atoms with van der Waals surface area (Å²) in [7, 11) is 0. The molecule has 0 spiro atoms. The van der Waals surface area contributed by atoms with Crippen molar-refractivity contribution in [3.8, 4) is 6.07 Å². The van der Waals surface area contributed by atoms with Crippen LogP contribution in [0.4, 0.5) is 4.79 Å². The van der Waals surface area contributed by atoms with Crippen molar-refractivity contribution in [1.29, 1.82) is 5.26 Å². The van der Waals surface area contributed by atoms with E-state index in [4.69, 9.17) is 10.5 Å². The van der Waals surface area contributed by atoms with Gasteiger partial charge in [-0.05, 0) is 70.6 Å². The number of piperazine rings is 1. The van der Waals surface area contributed by atoms with E-state index in [1.807, 2.05) is 22.8 Å². The zero-order chi connectivity index (χ0) is 28.2. The van der Waals surface area contributed by atoms with Crippen LogP contribution in [0.15, 0.2) is 24.3 Å². The molecule has 3 aliphatic heterocycles. The number of fused-ring (bicyclic) bond motifs is 3. The van der Waals surface area contributed by atoms with Crippen LogP contribution in [-0.2, 0) is 14.3 Å². The lowest BCUT2D eigenvalue weighted by molar-refractivity contribution is -0.141. The first-order chi connectivity index (χ1) is 18.4. The molecule has 0 unspecified atom stereocenters. The monoisotopic (exact) mass is 536 g/mol. The lowest BCUT2D eigenvalue weighted by Crippen LogP contribution is -2.59. The lowest BCUT2D eigenvalue weighted by Gasteiger charge is -2.39. The Bertz CT molecular complexity index is 1240. The SMILES string of the molecule is C[C@@H](c1cccc(C(N)=O)c1)N1C(=O)[C@@H]2C[C@H]1CN2C[C@H](NC(=O)OC(C)(C)C)C(=O)N1[C@H](C#N)C[C@@H]2C[C@@H]21. The second-order valence-electron chi connectivity index (χ2n) is 12.2. The van der Waals surface area contributed by atoms with Crippen molar-refractivity contribution < 1.29 is 23.9 Å². The highest BCUT2D eigenvalue weighted by Gasteiger charge is 2.56. The van der Waals surface area contributed by atoms with Gasteiger partial charge in [0, 0.05) is 30.7 Å². The van der Waals surface area contributed by atoms with Crippen molar-refractivity contribution in [1.82, 2.24) is 20.0 Å². The van der Waals surface area contributed by atoms with Crippen LogP contribution in [0.5, 0.6) is 0 Å². The second kappa shape index (κ2) is 9.83. The van der Waals surface area contributed by atoms with Crippen LogP contribution in [0.1, 0.15) is 68.9 Å². The van der Waals surface area contributed by atoms with Gasteiger partial charge in [0.15, 0.2) is 0 Å². The molecular weight excluding hydrogens is 500 g/mol. The fraction of sp³-hybridized carbons (Fsp3) is 0.607. The minimum absolute atomic E-state index is 0.0363. The summed E-state index contributed by atoms with van der Waals surface area (Å²) in [6.07, 6.45) is 1.44. The summed E-state index contributed by atoms with van der Waals surface area (Å²) in [5.41, 5.74) is 5.92. The lowest BCUT2D eigenvalue weighted by atomic mass is 10.0. The van der Waals surface area contributed by atoms with Gasteiger partial charge in [-0.15, -0.1) is 0 Å². The number of likely N-dealkylation sites (tertiary alicyclic amines) is 3. The number of rotatable bonds is 7. The minimum Gasteiger partial charge on any atom is -0.444 e. The average molecular weight is 537 g/mol. The molecule has 3 heterocycles. The van der Waals surface area contributed by atoms with Crippen molar-refractivity contribution in [3.05, 3.63) is 35.4 Å². The first-order valence-corrected chi connectivity index (χ1v) is 13.5. The minimum atomic E-state index is -0.944. The molecule has 208 valence electrons. The number of carbonyl (C=O) groups is 4. The summed E-state index contributed by atoms with van der Waals surface area (Å²) in [5, 5.41) is 12.4. The number of nitrogens with two attached hydrogens (primary N) is 1. The second-order valence-corrected chi connectivity index (χ2v) is 12.2.